The Morgan fingerprint density at radius 3 is 2.85 bits per heavy atom. The number of nitrogens with one attached hydrogen (secondary N) is 1. The van der Waals surface area contributed by atoms with Gasteiger partial charge in [-0.15, -0.1) is 0 Å². The van der Waals surface area contributed by atoms with Crippen LogP contribution in [0.25, 0.3) is 0 Å². The highest BCUT2D eigenvalue weighted by Gasteiger charge is 2.11. The topological polar surface area (TPSA) is 60.2 Å². The minimum atomic E-state index is 0.246. The fourth-order valence-corrected chi connectivity index (χ4v) is 1.98. The van der Waals surface area contributed by atoms with E-state index in [1.165, 1.54) is 0 Å². The fourth-order valence-electron chi connectivity index (χ4n) is 1.98. The zero-order valence-corrected chi connectivity index (χ0v) is 12.2. The van der Waals surface area contributed by atoms with Gasteiger partial charge in [-0.1, -0.05) is 30.3 Å². The summed E-state index contributed by atoms with van der Waals surface area (Å²) in [5, 5.41) is 7.21. The maximum Gasteiger partial charge on any atom is 0.264 e. The summed E-state index contributed by atoms with van der Waals surface area (Å²) in [4.78, 5) is 4.13. The van der Waals surface area contributed by atoms with Crippen LogP contribution in [-0.2, 0) is 6.61 Å². The number of nitrogens with zero attached hydrogens (tertiary/aromatic N) is 2. The average Bonchev–Trinajstić information content (AvgIpc) is 2.88. The van der Waals surface area contributed by atoms with Gasteiger partial charge < -0.3 is 14.6 Å². The predicted octanol–water partition coefficient (Wildman–Crippen LogP) is 3.02. The van der Waals surface area contributed by atoms with Gasteiger partial charge in [0.25, 0.3) is 5.89 Å². The van der Waals surface area contributed by atoms with Crippen molar-refractivity contribution in [3.63, 3.8) is 0 Å². The fraction of sp³-hybridized carbons (Fsp3) is 0.467. The molecule has 0 aliphatic heterocycles. The summed E-state index contributed by atoms with van der Waals surface area (Å²) in [6.07, 6.45) is 1.11. The van der Waals surface area contributed by atoms with E-state index in [4.69, 9.17) is 9.26 Å². The molecule has 1 N–H and O–H groups in total. The first-order chi connectivity index (χ1) is 9.70. The van der Waals surface area contributed by atoms with Gasteiger partial charge in [0.15, 0.2) is 12.4 Å². The summed E-state index contributed by atoms with van der Waals surface area (Å²) in [5.41, 5.74) is 1.14. The van der Waals surface area contributed by atoms with Crippen molar-refractivity contribution >= 4 is 0 Å². The number of aromatic nitrogens is 2. The van der Waals surface area contributed by atoms with Crippen molar-refractivity contribution in [3.05, 3.63) is 41.5 Å². The van der Waals surface area contributed by atoms with Crippen LogP contribution in [0, 0.1) is 6.92 Å². The van der Waals surface area contributed by atoms with Crippen molar-refractivity contribution in [2.75, 3.05) is 6.54 Å². The molecule has 2 rings (SSSR count). The van der Waals surface area contributed by atoms with E-state index in [2.05, 4.69) is 35.4 Å². The van der Waals surface area contributed by atoms with Crippen LogP contribution >= 0.6 is 0 Å². The predicted molar refractivity (Wildman–Crippen MR) is 76.5 cm³/mol. The van der Waals surface area contributed by atoms with Crippen LogP contribution in [0.4, 0.5) is 0 Å². The minimum Gasteiger partial charge on any atom is -0.483 e. The second-order valence-electron chi connectivity index (χ2n) is 4.74. The van der Waals surface area contributed by atoms with Gasteiger partial charge in [0.2, 0.25) is 0 Å². The zero-order valence-electron chi connectivity index (χ0n) is 12.2. The van der Waals surface area contributed by atoms with E-state index in [0.717, 1.165) is 24.3 Å². The molecule has 0 spiro atoms. The first kappa shape index (κ1) is 14.5. The van der Waals surface area contributed by atoms with Crippen molar-refractivity contribution < 1.29 is 9.26 Å². The third kappa shape index (κ3) is 3.81. The van der Waals surface area contributed by atoms with Crippen molar-refractivity contribution in [1.82, 2.24) is 15.5 Å². The molecule has 1 aromatic heterocycles. The van der Waals surface area contributed by atoms with Crippen LogP contribution < -0.4 is 10.1 Å². The molecule has 0 radical (unpaired) electrons. The Morgan fingerprint density at radius 1 is 1.35 bits per heavy atom. The molecule has 0 saturated heterocycles. The van der Waals surface area contributed by atoms with Crippen molar-refractivity contribution in [1.29, 1.82) is 0 Å². The third-order valence-electron chi connectivity index (χ3n) is 3.01. The lowest BCUT2D eigenvalue weighted by molar-refractivity contribution is 0.239. The number of hydrogen-bond donors (Lipinski definition) is 1. The summed E-state index contributed by atoms with van der Waals surface area (Å²) in [6, 6.07) is 8.26. The number of rotatable bonds is 7. The van der Waals surface area contributed by atoms with E-state index in [0.29, 0.717) is 18.3 Å². The Balaban J connectivity index is 2.03. The quantitative estimate of drug-likeness (QED) is 0.841. The Labute approximate surface area is 119 Å². The van der Waals surface area contributed by atoms with Gasteiger partial charge in [-0.05, 0) is 32.9 Å². The van der Waals surface area contributed by atoms with Crippen LogP contribution in [0.3, 0.4) is 0 Å². The van der Waals surface area contributed by atoms with Crippen molar-refractivity contribution in [3.8, 4) is 5.75 Å². The number of ether oxygens (including phenoxy) is 1. The minimum absolute atomic E-state index is 0.246. The third-order valence-corrected chi connectivity index (χ3v) is 3.01. The van der Waals surface area contributed by atoms with Crippen LogP contribution in [0.1, 0.15) is 43.6 Å². The van der Waals surface area contributed by atoms with Gasteiger partial charge in [0, 0.05) is 11.6 Å². The van der Waals surface area contributed by atoms with Crippen molar-refractivity contribution in [2.45, 2.75) is 39.8 Å². The first-order valence-corrected chi connectivity index (χ1v) is 6.95. The summed E-state index contributed by atoms with van der Waals surface area (Å²) < 4.78 is 10.9. The Hall–Kier alpha value is -1.88. The van der Waals surface area contributed by atoms with Gasteiger partial charge in [0.1, 0.15) is 5.75 Å². The van der Waals surface area contributed by atoms with E-state index in [1.807, 2.05) is 18.2 Å². The number of hydrogen-bond acceptors (Lipinski definition) is 5. The summed E-state index contributed by atoms with van der Waals surface area (Å²) in [5.74, 6) is 1.96. The second-order valence-corrected chi connectivity index (χ2v) is 4.74. The number of aryl methyl sites for hydroxylation is 1. The van der Waals surface area contributed by atoms with Crippen LogP contribution in [0.2, 0.25) is 0 Å². The van der Waals surface area contributed by atoms with E-state index in [1.54, 1.807) is 6.92 Å². The first-order valence-electron chi connectivity index (χ1n) is 6.95. The molecular weight excluding hydrogens is 254 g/mol. The molecule has 108 valence electrons. The molecule has 0 bridgehead atoms. The standard InChI is InChI=1S/C15H21N3O2/c1-4-9-16-11(2)13-7-5-6-8-14(13)19-10-15-17-12(3)18-20-15/h5-8,11,16H,4,9-10H2,1-3H3. The van der Waals surface area contributed by atoms with Crippen LogP contribution in [-0.4, -0.2) is 16.7 Å². The lowest BCUT2D eigenvalue weighted by Gasteiger charge is -2.17. The smallest absolute Gasteiger partial charge is 0.264 e. The molecule has 0 fully saturated rings. The molecule has 1 heterocycles. The normalized spacial score (nSPS) is 12.3. The van der Waals surface area contributed by atoms with Gasteiger partial charge >= 0.3 is 0 Å². The molecule has 5 nitrogen and oxygen atoms in total. The summed E-state index contributed by atoms with van der Waals surface area (Å²) in [7, 11) is 0. The Morgan fingerprint density at radius 2 is 2.15 bits per heavy atom. The van der Waals surface area contributed by atoms with Crippen molar-refractivity contribution in [2.24, 2.45) is 0 Å². The van der Waals surface area contributed by atoms with E-state index in [-0.39, 0.29) is 6.04 Å². The van der Waals surface area contributed by atoms with Gasteiger partial charge in [-0.2, -0.15) is 4.98 Å². The molecule has 0 saturated carbocycles. The van der Waals surface area contributed by atoms with Gasteiger partial charge in [0.05, 0.1) is 0 Å². The number of para-hydroxylation sites is 1. The summed E-state index contributed by atoms with van der Waals surface area (Å²) in [6.45, 7) is 7.35. The van der Waals surface area contributed by atoms with Crippen LogP contribution in [0.5, 0.6) is 5.75 Å². The molecule has 5 heteroatoms. The Bertz CT molecular complexity index is 539. The molecule has 2 aromatic rings. The highest BCUT2D eigenvalue weighted by atomic mass is 16.5. The molecule has 1 unspecified atom stereocenters. The largest absolute Gasteiger partial charge is 0.483 e. The number of benzene rings is 1. The maximum atomic E-state index is 5.80. The maximum absolute atomic E-state index is 5.80. The van der Waals surface area contributed by atoms with E-state index >= 15 is 0 Å². The summed E-state index contributed by atoms with van der Waals surface area (Å²) >= 11 is 0. The zero-order chi connectivity index (χ0) is 14.4. The molecule has 1 atom stereocenters. The van der Waals surface area contributed by atoms with E-state index < -0.39 is 0 Å². The lowest BCUT2D eigenvalue weighted by Crippen LogP contribution is -2.20. The van der Waals surface area contributed by atoms with Gasteiger partial charge in [-0.3, -0.25) is 0 Å². The second kappa shape index (κ2) is 7.05. The molecule has 1 aromatic carbocycles. The molecule has 0 aliphatic carbocycles. The average molecular weight is 275 g/mol. The molecule has 0 aliphatic rings. The molecule has 0 amide bonds. The van der Waals surface area contributed by atoms with Crippen LogP contribution in [0.15, 0.2) is 28.8 Å². The SMILES string of the molecule is CCCNC(C)c1ccccc1OCc1nc(C)no1. The highest BCUT2D eigenvalue weighted by molar-refractivity contribution is 5.35. The lowest BCUT2D eigenvalue weighted by atomic mass is 10.1. The highest BCUT2D eigenvalue weighted by Crippen LogP contribution is 2.25. The van der Waals surface area contributed by atoms with Gasteiger partial charge in [-0.25, -0.2) is 0 Å². The Kier molecular flexibility index (Phi) is 5.12. The monoisotopic (exact) mass is 275 g/mol. The molecular formula is C15H21N3O2. The molecule has 20 heavy (non-hydrogen) atoms. The van der Waals surface area contributed by atoms with E-state index in [9.17, 15) is 0 Å².